The Balaban J connectivity index is 1.23. The molecule has 0 unspecified atom stereocenters. The van der Waals surface area contributed by atoms with Gasteiger partial charge in [0.15, 0.2) is 5.17 Å². The van der Waals surface area contributed by atoms with Gasteiger partial charge in [-0.15, -0.1) is 0 Å². The van der Waals surface area contributed by atoms with Crippen molar-refractivity contribution in [2.24, 2.45) is 4.99 Å². The predicted molar refractivity (Wildman–Crippen MR) is 153 cm³/mol. The molecule has 3 aliphatic heterocycles. The number of hydrogen-bond donors (Lipinski definition) is 0. The van der Waals surface area contributed by atoms with Gasteiger partial charge in [0.1, 0.15) is 6.33 Å². The van der Waals surface area contributed by atoms with Gasteiger partial charge in [-0.25, -0.2) is 9.97 Å². The first-order valence-corrected chi connectivity index (χ1v) is 14.1. The molecule has 0 saturated carbocycles. The van der Waals surface area contributed by atoms with Crippen LogP contribution in [-0.4, -0.2) is 76.7 Å². The summed E-state index contributed by atoms with van der Waals surface area (Å²) in [6, 6.07) is 14.8. The first-order valence-electron chi connectivity index (χ1n) is 13.3. The lowest BCUT2D eigenvalue weighted by Crippen LogP contribution is -2.46. The molecule has 1 amide bonds. The van der Waals surface area contributed by atoms with Crippen LogP contribution in [0.3, 0.4) is 0 Å². The molecule has 0 radical (unpaired) electrons. The van der Waals surface area contributed by atoms with Crippen LogP contribution in [0.1, 0.15) is 31.7 Å². The van der Waals surface area contributed by atoms with Crippen molar-refractivity contribution in [3.63, 3.8) is 0 Å². The smallest absolute Gasteiger partial charge is 0.286 e. The molecular formula is C29H32N6OS. The standard InChI is InChI=1S/C29H32N6OS/c1-2-11-33-14-16-34(17-15-33)23-8-6-22(7-9-23)27-24-18-21(5-10-25(24)30-20-31-27)19-26-28(36)32-29(37-26)35-12-3-4-13-35/h5-10,18-20H,2-4,11-17H2,1H3. The maximum Gasteiger partial charge on any atom is 0.286 e. The van der Waals surface area contributed by atoms with Crippen molar-refractivity contribution in [2.45, 2.75) is 26.2 Å². The Labute approximate surface area is 222 Å². The highest BCUT2D eigenvalue weighted by molar-refractivity contribution is 8.18. The minimum absolute atomic E-state index is 0.150. The summed E-state index contributed by atoms with van der Waals surface area (Å²) in [5, 5.41) is 1.82. The Morgan fingerprint density at radius 2 is 1.70 bits per heavy atom. The summed E-state index contributed by atoms with van der Waals surface area (Å²) in [5.74, 6) is -0.150. The molecule has 3 aromatic rings. The molecule has 190 valence electrons. The van der Waals surface area contributed by atoms with Crippen molar-refractivity contribution in [3.8, 4) is 11.3 Å². The monoisotopic (exact) mass is 512 g/mol. The number of hydrogen-bond acceptors (Lipinski definition) is 7. The average Bonchev–Trinajstić information content (AvgIpc) is 3.59. The Morgan fingerprint density at radius 1 is 0.919 bits per heavy atom. The molecule has 37 heavy (non-hydrogen) atoms. The van der Waals surface area contributed by atoms with E-state index in [9.17, 15) is 4.79 Å². The summed E-state index contributed by atoms with van der Waals surface area (Å²) in [6.07, 6.45) is 7.11. The van der Waals surface area contributed by atoms with E-state index in [4.69, 9.17) is 0 Å². The Kier molecular flexibility index (Phi) is 6.93. The molecule has 2 fully saturated rings. The second-order valence-corrected chi connectivity index (χ2v) is 10.9. The van der Waals surface area contributed by atoms with Gasteiger partial charge in [0.05, 0.1) is 16.1 Å². The molecule has 2 aromatic carbocycles. The summed E-state index contributed by atoms with van der Waals surface area (Å²) in [5.41, 5.74) is 5.08. The fourth-order valence-electron chi connectivity index (χ4n) is 5.36. The fraction of sp³-hybridized carbons (Fsp3) is 0.379. The zero-order chi connectivity index (χ0) is 25.2. The molecule has 0 aliphatic carbocycles. The van der Waals surface area contributed by atoms with E-state index in [0.29, 0.717) is 4.91 Å². The second kappa shape index (κ2) is 10.6. The summed E-state index contributed by atoms with van der Waals surface area (Å²) in [6.45, 7) is 9.77. The lowest BCUT2D eigenvalue weighted by Gasteiger charge is -2.36. The van der Waals surface area contributed by atoms with E-state index in [1.54, 1.807) is 6.33 Å². The Hall–Kier alpha value is -3.23. The molecule has 6 rings (SSSR count). The number of amides is 1. The Bertz CT molecular complexity index is 1350. The van der Waals surface area contributed by atoms with E-state index in [0.717, 1.165) is 85.0 Å². The van der Waals surface area contributed by atoms with Crippen LogP contribution in [0, 0.1) is 0 Å². The molecule has 8 heteroatoms. The first kappa shape index (κ1) is 24.1. The lowest BCUT2D eigenvalue weighted by atomic mass is 10.0. The SMILES string of the molecule is CCCN1CCN(c2ccc(-c3ncnc4ccc(C=C5SC(N6CCCC6)=NC5=O)cc34)cc2)CC1. The molecule has 4 heterocycles. The van der Waals surface area contributed by atoms with Crippen LogP contribution < -0.4 is 4.90 Å². The number of thioether (sulfide) groups is 1. The molecule has 0 atom stereocenters. The summed E-state index contributed by atoms with van der Waals surface area (Å²) < 4.78 is 0. The number of carbonyl (C=O) groups excluding carboxylic acids is 1. The van der Waals surface area contributed by atoms with Crippen molar-refractivity contribution in [1.82, 2.24) is 19.8 Å². The molecule has 2 saturated heterocycles. The third-order valence-electron chi connectivity index (χ3n) is 7.36. The number of benzene rings is 2. The third kappa shape index (κ3) is 5.13. The van der Waals surface area contributed by atoms with Crippen LogP contribution in [0.4, 0.5) is 5.69 Å². The number of likely N-dealkylation sites (tertiary alicyclic amines) is 1. The fourth-order valence-corrected chi connectivity index (χ4v) is 6.33. The molecule has 0 N–H and O–H groups in total. The minimum Gasteiger partial charge on any atom is -0.369 e. The van der Waals surface area contributed by atoms with Gasteiger partial charge in [-0.3, -0.25) is 9.69 Å². The van der Waals surface area contributed by atoms with E-state index in [1.165, 1.54) is 30.4 Å². The number of aromatic nitrogens is 2. The molecule has 0 bridgehead atoms. The Morgan fingerprint density at radius 3 is 2.46 bits per heavy atom. The van der Waals surface area contributed by atoms with Gasteiger partial charge in [-0.05, 0) is 73.5 Å². The van der Waals surface area contributed by atoms with Gasteiger partial charge < -0.3 is 9.80 Å². The maximum absolute atomic E-state index is 12.6. The van der Waals surface area contributed by atoms with E-state index < -0.39 is 0 Å². The normalized spacial score (nSPS) is 19.9. The summed E-state index contributed by atoms with van der Waals surface area (Å²) in [4.78, 5) is 33.9. The van der Waals surface area contributed by atoms with Gasteiger partial charge in [0, 0.05) is 55.9 Å². The van der Waals surface area contributed by atoms with Crippen molar-refractivity contribution < 1.29 is 4.79 Å². The van der Waals surface area contributed by atoms with Gasteiger partial charge in [-0.1, -0.05) is 25.1 Å². The largest absolute Gasteiger partial charge is 0.369 e. The number of amidine groups is 1. The third-order valence-corrected chi connectivity index (χ3v) is 8.41. The van der Waals surface area contributed by atoms with Crippen molar-refractivity contribution in [2.75, 3.05) is 50.7 Å². The van der Waals surface area contributed by atoms with Crippen molar-refractivity contribution >= 4 is 45.5 Å². The van der Waals surface area contributed by atoms with Gasteiger partial charge >= 0.3 is 0 Å². The molecule has 0 spiro atoms. The van der Waals surface area contributed by atoms with Crippen molar-refractivity contribution in [1.29, 1.82) is 0 Å². The zero-order valence-corrected chi connectivity index (χ0v) is 22.1. The molecular weight excluding hydrogens is 480 g/mol. The van der Waals surface area contributed by atoms with Gasteiger partial charge in [0.2, 0.25) is 0 Å². The quantitative estimate of drug-likeness (QED) is 0.451. The summed E-state index contributed by atoms with van der Waals surface area (Å²) >= 11 is 1.48. The van der Waals surface area contributed by atoms with E-state index in [1.807, 2.05) is 18.2 Å². The molecule has 3 aliphatic rings. The zero-order valence-electron chi connectivity index (χ0n) is 21.3. The molecule has 7 nitrogen and oxygen atoms in total. The highest BCUT2D eigenvalue weighted by atomic mass is 32.2. The topological polar surface area (TPSA) is 64.9 Å². The van der Waals surface area contributed by atoms with E-state index >= 15 is 0 Å². The lowest BCUT2D eigenvalue weighted by molar-refractivity contribution is -0.113. The highest BCUT2D eigenvalue weighted by Gasteiger charge is 2.27. The van der Waals surface area contributed by atoms with Gasteiger partial charge in [0.25, 0.3) is 5.91 Å². The number of fused-ring (bicyclic) bond motifs is 1. The number of aliphatic imine (C=N–C) groups is 1. The number of nitrogens with zero attached hydrogens (tertiary/aromatic N) is 6. The van der Waals surface area contributed by atoms with E-state index in [-0.39, 0.29) is 5.91 Å². The van der Waals surface area contributed by atoms with Crippen LogP contribution in [0.2, 0.25) is 0 Å². The minimum atomic E-state index is -0.150. The van der Waals surface area contributed by atoms with Crippen LogP contribution >= 0.6 is 11.8 Å². The first-order chi connectivity index (χ1) is 18.2. The maximum atomic E-state index is 12.6. The predicted octanol–water partition coefficient (Wildman–Crippen LogP) is 4.89. The second-order valence-electron chi connectivity index (χ2n) is 9.88. The highest BCUT2D eigenvalue weighted by Crippen LogP contribution is 2.33. The summed E-state index contributed by atoms with van der Waals surface area (Å²) in [7, 11) is 0. The van der Waals surface area contributed by atoms with Gasteiger partial charge in [-0.2, -0.15) is 4.99 Å². The van der Waals surface area contributed by atoms with Crippen molar-refractivity contribution in [3.05, 3.63) is 59.3 Å². The molecule has 1 aromatic heterocycles. The number of anilines is 1. The van der Waals surface area contributed by atoms with Crippen LogP contribution in [0.5, 0.6) is 0 Å². The number of piperazine rings is 1. The van der Waals surface area contributed by atoms with E-state index in [2.05, 4.69) is 66.9 Å². The van der Waals surface area contributed by atoms with Crippen LogP contribution in [0.25, 0.3) is 28.2 Å². The number of rotatable bonds is 5. The number of carbonyl (C=O) groups is 1. The van der Waals surface area contributed by atoms with Crippen LogP contribution in [-0.2, 0) is 4.79 Å². The average molecular weight is 513 g/mol. The van der Waals surface area contributed by atoms with Crippen LogP contribution in [0.15, 0.2) is 58.7 Å².